The van der Waals surface area contributed by atoms with Gasteiger partial charge in [0.2, 0.25) is 5.90 Å². The van der Waals surface area contributed by atoms with Crippen LogP contribution in [0.2, 0.25) is 0 Å². The number of aryl methyl sites for hydroxylation is 1. The van der Waals surface area contributed by atoms with Crippen LogP contribution in [0.4, 0.5) is 16.2 Å². The molecule has 0 spiro atoms. The normalized spacial score (nSPS) is 11.0. The van der Waals surface area contributed by atoms with E-state index in [0.29, 0.717) is 11.4 Å². The number of rotatable bonds is 5. The Kier molecular flexibility index (Phi) is 6.88. The molecule has 3 aromatic rings. The summed E-state index contributed by atoms with van der Waals surface area (Å²) in [6, 6.07) is 10.2. The molecule has 1 N–H and O–H groups in total. The van der Waals surface area contributed by atoms with Gasteiger partial charge in [0.25, 0.3) is 5.69 Å². The first kappa shape index (κ1) is 21.8. The van der Waals surface area contributed by atoms with E-state index in [1.54, 1.807) is 43.6 Å². The number of aromatic nitrogens is 2. The summed E-state index contributed by atoms with van der Waals surface area (Å²) in [5.74, 6) is 0.343. The van der Waals surface area contributed by atoms with Crippen molar-refractivity contribution in [2.75, 3.05) is 12.4 Å². The molecule has 0 aliphatic carbocycles. The van der Waals surface area contributed by atoms with Crippen LogP contribution in [0.5, 0.6) is 11.8 Å². The van der Waals surface area contributed by atoms with Crippen molar-refractivity contribution in [2.45, 2.75) is 6.92 Å². The first-order chi connectivity index (χ1) is 14.9. The Bertz CT molecular complexity index is 1150. The number of amides is 2. The fourth-order valence-corrected chi connectivity index (χ4v) is 2.77. The lowest BCUT2D eigenvalue weighted by Crippen LogP contribution is -2.14. The van der Waals surface area contributed by atoms with Crippen LogP contribution in [0.3, 0.4) is 0 Å². The molecule has 3 rings (SSSR count). The second-order valence-electron chi connectivity index (χ2n) is 6.09. The fraction of sp³-hybridized carbons (Fsp3) is 0.100. The summed E-state index contributed by atoms with van der Waals surface area (Å²) in [6.45, 7) is 1.79. The maximum absolute atomic E-state index is 12.4. The van der Waals surface area contributed by atoms with Crippen molar-refractivity contribution >= 4 is 39.2 Å². The first-order valence-corrected chi connectivity index (χ1v) is 9.60. The minimum absolute atomic E-state index is 0.0968. The number of nitro groups is 1. The summed E-state index contributed by atoms with van der Waals surface area (Å²) in [6.07, 6.45) is 3.13. The summed E-state index contributed by atoms with van der Waals surface area (Å²) < 4.78 is 11.5. The highest BCUT2D eigenvalue weighted by atomic mass is 79.9. The van der Waals surface area contributed by atoms with Gasteiger partial charge < -0.3 is 14.8 Å². The van der Waals surface area contributed by atoms with Crippen molar-refractivity contribution in [2.24, 2.45) is 4.99 Å². The highest BCUT2D eigenvalue weighted by molar-refractivity contribution is 9.10. The third-order valence-electron chi connectivity index (χ3n) is 3.95. The van der Waals surface area contributed by atoms with E-state index < -0.39 is 11.0 Å². The van der Waals surface area contributed by atoms with E-state index in [4.69, 9.17) is 9.47 Å². The monoisotopic (exact) mass is 485 g/mol. The molecule has 1 heterocycles. The van der Waals surface area contributed by atoms with Gasteiger partial charge >= 0.3 is 12.0 Å². The summed E-state index contributed by atoms with van der Waals surface area (Å²) in [4.78, 5) is 34.9. The molecule has 158 valence electrons. The number of para-hydroxylation sites is 1. The second kappa shape index (κ2) is 9.76. The van der Waals surface area contributed by atoms with Gasteiger partial charge in [-0.2, -0.15) is 4.99 Å². The zero-order valence-corrected chi connectivity index (χ0v) is 18.0. The fourth-order valence-electron chi connectivity index (χ4n) is 2.57. The number of nitrogens with one attached hydrogen (secondary N) is 1. The molecule has 2 amide bonds. The number of benzene rings is 2. The molecule has 11 heteroatoms. The van der Waals surface area contributed by atoms with E-state index in [0.717, 1.165) is 10.0 Å². The van der Waals surface area contributed by atoms with Crippen LogP contribution in [0, 0.1) is 17.0 Å². The molecule has 0 saturated carbocycles. The highest BCUT2D eigenvalue weighted by Crippen LogP contribution is 2.26. The average Bonchev–Trinajstić information content (AvgIpc) is 2.75. The Hall–Kier alpha value is -3.86. The van der Waals surface area contributed by atoms with Gasteiger partial charge in [0.1, 0.15) is 11.3 Å². The van der Waals surface area contributed by atoms with Crippen LogP contribution in [0.15, 0.2) is 64.3 Å². The third-order valence-corrected chi connectivity index (χ3v) is 4.36. The minimum Gasteiger partial charge on any atom is -0.480 e. The van der Waals surface area contributed by atoms with Gasteiger partial charge in [-0.3, -0.25) is 10.1 Å². The maximum Gasteiger partial charge on any atom is 0.348 e. The summed E-state index contributed by atoms with van der Waals surface area (Å²) in [5.41, 5.74) is 1.05. The number of ether oxygens (including phenoxy) is 2. The Morgan fingerprint density at radius 3 is 2.55 bits per heavy atom. The highest BCUT2D eigenvalue weighted by Gasteiger charge is 2.19. The molecule has 0 unspecified atom stereocenters. The predicted octanol–water partition coefficient (Wildman–Crippen LogP) is 4.87. The number of urea groups is 1. The number of anilines is 1. The van der Waals surface area contributed by atoms with E-state index in [1.807, 2.05) is 0 Å². The molecule has 0 saturated heterocycles. The Morgan fingerprint density at radius 2 is 1.90 bits per heavy atom. The molecular weight excluding hydrogens is 470 g/mol. The van der Waals surface area contributed by atoms with E-state index >= 15 is 0 Å². The van der Waals surface area contributed by atoms with Crippen LogP contribution >= 0.6 is 15.9 Å². The van der Waals surface area contributed by atoms with Gasteiger partial charge in [0.05, 0.1) is 16.5 Å². The SMILES string of the molecule is CO/C(=N\C(=O)Nc1ccc(Oc2ncc(Br)cn2)c(C)c1)c1ccccc1[N+](=O)[O-]. The number of nitro benzene ring substituents is 1. The smallest absolute Gasteiger partial charge is 0.348 e. The number of aliphatic imine (C=N–C) groups is 1. The van der Waals surface area contributed by atoms with Crippen LogP contribution in [0.25, 0.3) is 0 Å². The summed E-state index contributed by atoms with van der Waals surface area (Å²) >= 11 is 3.25. The lowest BCUT2D eigenvalue weighted by atomic mass is 10.2. The number of methoxy groups -OCH3 is 1. The van der Waals surface area contributed by atoms with Gasteiger partial charge in [-0.05, 0) is 52.7 Å². The largest absolute Gasteiger partial charge is 0.480 e. The molecule has 0 bridgehead atoms. The number of halogens is 1. The Labute approximate surface area is 185 Å². The summed E-state index contributed by atoms with van der Waals surface area (Å²) in [7, 11) is 1.28. The van der Waals surface area contributed by atoms with Crippen molar-refractivity contribution in [3.8, 4) is 11.8 Å². The lowest BCUT2D eigenvalue weighted by molar-refractivity contribution is -0.385. The molecule has 0 aliphatic heterocycles. The molecule has 2 aromatic carbocycles. The summed E-state index contributed by atoms with van der Waals surface area (Å²) in [5, 5.41) is 13.8. The van der Waals surface area contributed by atoms with Crippen LogP contribution in [-0.4, -0.2) is 33.9 Å². The van der Waals surface area contributed by atoms with E-state index in [9.17, 15) is 14.9 Å². The Balaban J connectivity index is 1.76. The molecule has 1 aromatic heterocycles. The molecule has 10 nitrogen and oxygen atoms in total. The van der Waals surface area contributed by atoms with E-state index in [-0.39, 0.29) is 23.2 Å². The number of hydrogen-bond donors (Lipinski definition) is 1. The topological polar surface area (TPSA) is 129 Å². The zero-order valence-electron chi connectivity index (χ0n) is 16.4. The molecule has 0 aliphatic rings. The second-order valence-corrected chi connectivity index (χ2v) is 7.01. The van der Waals surface area contributed by atoms with Gasteiger partial charge in [-0.25, -0.2) is 14.8 Å². The molecule has 0 fully saturated rings. The number of nitrogens with zero attached hydrogens (tertiary/aromatic N) is 4. The number of carbonyl (C=O) groups excluding carboxylic acids is 1. The van der Waals surface area contributed by atoms with E-state index in [1.165, 1.54) is 25.3 Å². The minimum atomic E-state index is -0.751. The van der Waals surface area contributed by atoms with E-state index in [2.05, 4.69) is 36.2 Å². The quantitative estimate of drug-likeness (QED) is 0.236. The van der Waals surface area contributed by atoms with Crippen molar-refractivity contribution in [3.63, 3.8) is 0 Å². The van der Waals surface area contributed by atoms with Crippen molar-refractivity contribution < 1.29 is 19.2 Å². The van der Waals surface area contributed by atoms with Crippen molar-refractivity contribution in [1.29, 1.82) is 0 Å². The van der Waals surface area contributed by atoms with Gasteiger partial charge in [-0.1, -0.05) is 12.1 Å². The maximum atomic E-state index is 12.4. The van der Waals surface area contributed by atoms with Crippen molar-refractivity contribution in [1.82, 2.24) is 9.97 Å². The van der Waals surface area contributed by atoms with Crippen LogP contribution < -0.4 is 10.1 Å². The van der Waals surface area contributed by atoms with Gasteiger partial charge in [0.15, 0.2) is 0 Å². The third kappa shape index (κ3) is 5.60. The van der Waals surface area contributed by atoms with Crippen LogP contribution in [-0.2, 0) is 4.74 Å². The standard InChI is InChI=1S/C20H16BrN5O5/c1-12-9-14(7-8-17(12)31-20-22-10-13(21)11-23-20)24-19(27)25-18(30-2)15-5-3-4-6-16(15)26(28)29/h3-11H,1-2H3,(H,24,27)/b25-18-. The number of carbonyl (C=O) groups is 1. The molecular formula is C20H16BrN5O5. The zero-order chi connectivity index (χ0) is 22.4. The predicted molar refractivity (Wildman–Crippen MR) is 117 cm³/mol. The van der Waals surface area contributed by atoms with Crippen molar-refractivity contribution in [3.05, 3.63) is 80.6 Å². The molecule has 0 radical (unpaired) electrons. The lowest BCUT2D eigenvalue weighted by Gasteiger charge is -2.10. The molecule has 31 heavy (non-hydrogen) atoms. The molecule has 0 atom stereocenters. The Morgan fingerprint density at radius 1 is 1.19 bits per heavy atom. The first-order valence-electron chi connectivity index (χ1n) is 8.81. The van der Waals surface area contributed by atoms with Crippen LogP contribution in [0.1, 0.15) is 11.1 Å². The van der Waals surface area contributed by atoms with Gasteiger partial charge in [0, 0.05) is 24.1 Å². The average molecular weight is 486 g/mol. The number of hydrogen-bond acceptors (Lipinski definition) is 7. The van der Waals surface area contributed by atoms with Gasteiger partial charge in [-0.15, -0.1) is 0 Å².